The molecule has 0 aromatic rings. The van der Waals surface area contributed by atoms with Gasteiger partial charge in [0.05, 0.1) is 0 Å². The van der Waals surface area contributed by atoms with Crippen molar-refractivity contribution in [2.45, 2.75) is 0 Å². The Morgan fingerprint density at radius 1 is 0.643 bits per heavy atom. The topological polar surface area (TPSA) is 281 Å². The van der Waals surface area contributed by atoms with E-state index in [0.29, 0.717) is 0 Å². The fourth-order valence-corrected chi connectivity index (χ4v) is 0. The summed E-state index contributed by atoms with van der Waals surface area (Å²) in [5.41, 5.74) is 0. The summed E-state index contributed by atoms with van der Waals surface area (Å²) in [6.07, 6.45) is 0. The number of rotatable bonds is 0. The summed E-state index contributed by atoms with van der Waals surface area (Å²) in [4.78, 5) is 18.2. The molecule has 14 N–H and O–H groups in total. The Morgan fingerprint density at radius 2 is 0.714 bits per heavy atom. The number of hydrogen-bond donors (Lipinski definition) is 2. The normalized spacial score (nSPS) is 3.36. The Bertz CT molecular complexity index is 89.5. The molecule has 0 aliphatic carbocycles. The van der Waals surface area contributed by atoms with Gasteiger partial charge >= 0.3 is 35.7 Å². The summed E-state index contributed by atoms with van der Waals surface area (Å²) in [5.74, 6) is -3.65. The molecule has 0 saturated carbocycles. The van der Waals surface area contributed by atoms with E-state index in [0.717, 1.165) is 20.4 Å². The summed E-state index contributed by atoms with van der Waals surface area (Å²) in [6.45, 7) is 0. The van der Waals surface area contributed by atoms with Crippen LogP contribution in [0.5, 0.6) is 0 Å². The zero-order valence-corrected chi connectivity index (χ0v) is 8.18. The first kappa shape index (κ1) is 72.5. The molecule has 0 heterocycles. The molecule has 0 bridgehead atoms. The SMILES string of the molecule is O.O.O.O.O.O.O=C(O)C(=O)O.[O]=[Ti]. The van der Waals surface area contributed by atoms with E-state index in [1.54, 1.807) is 0 Å². The molecule has 0 radical (unpaired) electrons. The molecule has 0 rings (SSSR count). The van der Waals surface area contributed by atoms with Crippen LogP contribution in [0.25, 0.3) is 0 Å². The molecule has 14 heavy (non-hydrogen) atoms. The van der Waals surface area contributed by atoms with Crippen LogP contribution in [-0.4, -0.2) is 55.0 Å². The number of carbonyl (C=O) groups is 2. The van der Waals surface area contributed by atoms with E-state index in [-0.39, 0.29) is 32.9 Å². The predicted molar refractivity (Wildman–Crippen MR) is 37.6 cm³/mol. The van der Waals surface area contributed by atoms with E-state index in [4.69, 9.17) is 23.1 Å². The third kappa shape index (κ3) is 113. The van der Waals surface area contributed by atoms with Crippen molar-refractivity contribution in [1.82, 2.24) is 0 Å². The minimum atomic E-state index is -1.82. The first-order valence-corrected chi connectivity index (χ1v) is 1.95. The van der Waals surface area contributed by atoms with Crippen LogP contribution in [0.15, 0.2) is 0 Å². The number of carboxylic acids is 2. The van der Waals surface area contributed by atoms with Crippen LogP contribution in [0.4, 0.5) is 0 Å². The Hall–Kier alpha value is -0.786. The van der Waals surface area contributed by atoms with Crippen LogP contribution in [-0.2, 0) is 33.3 Å². The molecule has 0 atom stereocenters. The fraction of sp³-hybridized carbons (Fsp3) is 0. The van der Waals surface area contributed by atoms with Crippen molar-refractivity contribution in [1.29, 1.82) is 0 Å². The van der Waals surface area contributed by atoms with Crippen molar-refractivity contribution in [2.75, 3.05) is 0 Å². The van der Waals surface area contributed by atoms with E-state index in [1.807, 2.05) is 0 Å². The van der Waals surface area contributed by atoms with Gasteiger partial charge < -0.3 is 43.1 Å². The predicted octanol–water partition coefficient (Wildman–Crippen LogP) is -5.91. The Kier molecular flexibility index (Phi) is 293. The maximum atomic E-state index is 9.10. The van der Waals surface area contributed by atoms with Gasteiger partial charge in [-0.25, -0.2) is 9.59 Å². The quantitative estimate of drug-likeness (QED) is 0.317. The van der Waals surface area contributed by atoms with Crippen molar-refractivity contribution in [2.24, 2.45) is 0 Å². The van der Waals surface area contributed by atoms with Crippen LogP contribution < -0.4 is 0 Å². The van der Waals surface area contributed by atoms with Gasteiger partial charge in [-0.2, -0.15) is 0 Å². The zero-order chi connectivity index (χ0) is 7.15. The average molecular weight is 262 g/mol. The second-order valence-corrected chi connectivity index (χ2v) is 0.610. The van der Waals surface area contributed by atoms with Crippen molar-refractivity contribution < 1.29 is 76.4 Å². The second kappa shape index (κ2) is 56.5. The van der Waals surface area contributed by atoms with Crippen LogP contribution in [0, 0.1) is 0 Å². The Balaban J connectivity index is -0.00000000708. The fourth-order valence-electron chi connectivity index (χ4n) is 0. The van der Waals surface area contributed by atoms with Crippen LogP contribution >= 0.6 is 0 Å². The van der Waals surface area contributed by atoms with E-state index in [2.05, 4.69) is 0 Å². The molecule has 0 unspecified atom stereocenters. The van der Waals surface area contributed by atoms with Crippen molar-refractivity contribution in [3.05, 3.63) is 0 Å². The molecule has 11 nitrogen and oxygen atoms in total. The summed E-state index contributed by atoms with van der Waals surface area (Å²) < 4.78 is 8.25. The van der Waals surface area contributed by atoms with Gasteiger partial charge in [-0.3, -0.25) is 0 Å². The van der Waals surface area contributed by atoms with Gasteiger partial charge in [-0.1, -0.05) is 0 Å². The van der Waals surface area contributed by atoms with Crippen LogP contribution in [0.1, 0.15) is 0 Å². The third-order valence-corrected chi connectivity index (χ3v) is 0.183. The van der Waals surface area contributed by atoms with Gasteiger partial charge in [0.15, 0.2) is 0 Å². The Morgan fingerprint density at radius 3 is 0.714 bits per heavy atom. The molecule has 0 aliphatic rings. The number of hydrogen-bond acceptors (Lipinski definition) is 3. The summed E-state index contributed by atoms with van der Waals surface area (Å²) in [5, 5.41) is 14.8. The van der Waals surface area contributed by atoms with Crippen molar-refractivity contribution in [3.63, 3.8) is 0 Å². The van der Waals surface area contributed by atoms with Gasteiger partial charge in [-0.05, 0) is 0 Å². The van der Waals surface area contributed by atoms with E-state index in [1.165, 1.54) is 0 Å². The van der Waals surface area contributed by atoms with Crippen molar-refractivity contribution >= 4 is 11.9 Å². The van der Waals surface area contributed by atoms with Gasteiger partial charge in [0, 0.05) is 0 Å². The Labute approximate surface area is 88.9 Å². The molecular formula is C2H14O11Ti. The van der Waals surface area contributed by atoms with E-state index >= 15 is 0 Å². The van der Waals surface area contributed by atoms with Gasteiger partial charge in [-0.15, -0.1) is 0 Å². The molecule has 12 heteroatoms. The van der Waals surface area contributed by atoms with Gasteiger partial charge in [0.2, 0.25) is 0 Å². The summed E-state index contributed by atoms with van der Waals surface area (Å²) >= 11 is 0.750. The zero-order valence-electron chi connectivity index (χ0n) is 6.62. The summed E-state index contributed by atoms with van der Waals surface area (Å²) in [7, 11) is 0. The third-order valence-electron chi connectivity index (χ3n) is 0.183. The van der Waals surface area contributed by atoms with Crippen LogP contribution in [0.2, 0.25) is 0 Å². The number of aliphatic carboxylic acids is 2. The molecular weight excluding hydrogens is 248 g/mol. The second-order valence-electron chi connectivity index (χ2n) is 0.610. The minimum absolute atomic E-state index is 0. The summed E-state index contributed by atoms with van der Waals surface area (Å²) in [6, 6.07) is 0. The average Bonchev–Trinajstić information content (AvgIpc) is 1.72. The molecule has 0 spiro atoms. The van der Waals surface area contributed by atoms with Gasteiger partial charge in [0.1, 0.15) is 0 Å². The number of carboxylic acid groups (broad SMARTS) is 2. The first-order chi connectivity index (χ1) is 3.64. The molecule has 0 aromatic carbocycles. The maximum absolute atomic E-state index is 9.10. The standard InChI is InChI=1S/C2H2O4.6H2O.O.Ti/c3-1(4)2(5)6;;;;;;;;/h(H,3,4)(H,5,6);6*1H2;;. The molecule has 0 fully saturated rings. The first-order valence-electron chi connectivity index (χ1n) is 1.31. The van der Waals surface area contributed by atoms with Crippen molar-refractivity contribution in [3.8, 4) is 0 Å². The van der Waals surface area contributed by atoms with Crippen LogP contribution in [0.3, 0.4) is 0 Å². The molecule has 0 saturated heterocycles. The monoisotopic (exact) mass is 262 g/mol. The molecule has 0 aromatic heterocycles. The van der Waals surface area contributed by atoms with Gasteiger partial charge in [0.25, 0.3) is 0 Å². The van der Waals surface area contributed by atoms with E-state index < -0.39 is 11.9 Å². The molecule has 92 valence electrons. The molecule has 0 aliphatic heterocycles. The molecule has 0 amide bonds. The van der Waals surface area contributed by atoms with E-state index in [9.17, 15) is 0 Å².